The molecule has 0 unspecified atom stereocenters. The summed E-state index contributed by atoms with van der Waals surface area (Å²) in [4.78, 5) is 22.7. The molecule has 0 bridgehead atoms. The van der Waals surface area contributed by atoms with Crippen LogP contribution in [0, 0.1) is 10.1 Å². The minimum Gasteiger partial charge on any atom is -0.482 e. The molecule has 0 aliphatic carbocycles. The van der Waals surface area contributed by atoms with Crippen LogP contribution in [0.15, 0.2) is 48.5 Å². The normalized spacial score (nSPS) is 9.04. The Morgan fingerprint density at radius 1 is 1.22 bits per heavy atom. The van der Waals surface area contributed by atoms with Crippen molar-refractivity contribution in [1.82, 2.24) is 0 Å². The molecule has 23 heavy (non-hydrogen) atoms. The molecule has 0 saturated heterocycles. The van der Waals surface area contributed by atoms with Crippen molar-refractivity contribution in [1.29, 1.82) is 0 Å². The molecular formula is C14H11N4O5-. The number of nitrogens with zero attached hydrogens (tertiary/aromatic N) is 4. The van der Waals surface area contributed by atoms with Gasteiger partial charge in [0.1, 0.15) is 6.61 Å². The number of ether oxygens (including phenoxy) is 1. The molecule has 0 aliphatic heterocycles. The molecule has 2 rings (SSSR count). The van der Waals surface area contributed by atoms with Crippen LogP contribution in [0.1, 0.15) is 15.9 Å². The number of rotatable bonds is 5. The van der Waals surface area contributed by atoms with Crippen molar-refractivity contribution in [3.63, 3.8) is 0 Å². The van der Waals surface area contributed by atoms with Crippen molar-refractivity contribution in [2.24, 2.45) is 0 Å². The summed E-state index contributed by atoms with van der Waals surface area (Å²) in [6.07, 6.45) is 0. The van der Waals surface area contributed by atoms with Gasteiger partial charge in [-0.15, -0.1) is 0 Å². The summed E-state index contributed by atoms with van der Waals surface area (Å²) in [6, 6.07) is 12.6. The molecule has 9 nitrogen and oxygen atoms in total. The minimum atomic E-state index is -1.16. The Labute approximate surface area is 130 Å². The summed E-state index contributed by atoms with van der Waals surface area (Å²) >= 11 is 0. The first-order valence-corrected chi connectivity index (χ1v) is 6.16. The second kappa shape index (κ2) is 8.65. The van der Waals surface area contributed by atoms with E-state index in [0.717, 1.165) is 17.7 Å². The number of benzene rings is 2. The zero-order valence-corrected chi connectivity index (χ0v) is 11.7. The second-order valence-corrected chi connectivity index (χ2v) is 4.11. The predicted octanol–water partition coefficient (Wildman–Crippen LogP) is 3.74. The first-order valence-electron chi connectivity index (χ1n) is 6.16. The highest BCUT2D eigenvalue weighted by atomic mass is 16.6. The molecule has 0 saturated carbocycles. The van der Waals surface area contributed by atoms with Crippen LogP contribution in [0.5, 0.6) is 5.75 Å². The number of hydrogen-bond acceptors (Lipinski definition) is 4. The number of carbonyl (C=O) groups is 1. The molecule has 118 valence electrons. The van der Waals surface area contributed by atoms with Gasteiger partial charge in [0.2, 0.25) is 0 Å². The SMILES string of the molecule is O=C(O)c1ccc([N+](=O)[O-])c(OCc2ccccc2)c1.[N-]=[N+]=[N-]. The van der Waals surface area contributed by atoms with Gasteiger partial charge < -0.3 is 20.9 Å². The Morgan fingerprint density at radius 2 is 1.83 bits per heavy atom. The molecule has 0 heterocycles. The molecule has 0 radical (unpaired) electrons. The molecule has 0 aliphatic rings. The highest BCUT2D eigenvalue weighted by Crippen LogP contribution is 2.28. The van der Waals surface area contributed by atoms with Crippen LogP contribution < -0.4 is 4.74 Å². The average Bonchev–Trinajstić information content (AvgIpc) is 2.54. The monoisotopic (exact) mass is 315 g/mol. The van der Waals surface area contributed by atoms with Gasteiger partial charge in [-0.1, -0.05) is 30.3 Å². The molecular weight excluding hydrogens is 304 g/mol. The fraction of sp³-hybridized carbons (Fsp3) is 0.0714. The Bertz CT molecular complexity index is 727. The highest BCUT2D eigenvalue weighted by molar-refractivity contribution is 5.88. The number of carboxylic acid groups (broad SMARTS) is 1. The molecule has 0 spiro atoms. The first-order chi connectivity index (χ1) is 11.0. The number of nitro benzene ring substituents is 1. The predicted molar refractivity (Wildman–Crippen MR) is 80.9 cm³/mol. The standard InChI is InChI=1S/C14H11NO5.N3/c16-14(17)11-6-7-12(15(18)19)13(8-11)20-9-10-4-2-1-3-5-10;1-3-2/h1-8H,9H2,(H,16,17);/q;-1. The largest absolute Gasteiger partial charge is 0.482 e. The lowest BCUT2D eigenvalue weighted by Crippen LogP contribution is -2.02. The zero-order chi connectivity index (χ0) is 17.2. The lowest BCUT2D eigenvalue weighted by molar-refractivity contribution is -0.385. The summed E-state index contributed by atoms with van der Waals surface area (Å²) < 4.78 is 5.37. The number of carboxylic acids is 1. The quantitative estimate of drug-likeness (QED) is 0.293. The van der Waals surface area contributed by atoms with Gasteiger partial charge in [0.15, 0.2) is 5.75 Å². The van der Waals surface area contributed by atoms with E-state index in [4.69, 9.17) is 20.9 Å². The van der Waals surface area contributed by atoms with E-state index in [9.17, 15) is 14.9 Å². The van der Waals surface area contributed by atoms with Gasteiger partial charge in [-0.25, -0.2) is 4.79 Å². The Balaban J connectivity index is 0.000000816. The number of hydrogen-bond donors (Lipinski definition) is 1. The van der Waals surface area contributed by atoms with E-state index in [1.54, 1.807) is 0 Å². The third-order valence-corrected chi connectivity index (χ3v) is 2.64. The molecule has 9 heteroatoms. The van der Waals surface area contributed by atoms with E-state index in [0.29, 0.717) is 0 Å². The van der Waals surface area contributed by atoms with Crippen LogP contribution in [0.25, 0.3) is 16.0 Å². The zero-order valence-electron chi connectivity index (χ0n) is 11.7. The molecule has 0 amide bonds. The maximum Gasteiger partial charge on any atom is 0.335 e. The Morgan fingerprint density at radius 3 is 2.35 bits per heavy atom. The van der Waals surface area contributed by atoms with Crippen molar-refractivity contribution < 1.29 is 19.6 Å². The van der Waals surface area contributed by atoms with Crippen molar-refractivity contribution in [3.8, 4) is 5.75 Å². The van der Waals surface area contributed by atoms with Gasteiger partial charge in [0.25, 0.3) is 0 Å². The van der Waals surface area contributed by atoms with Crippen molar-refractivity contribution >= 4 is 11.7 Å². The van der Waals surface area contributed by atoms with Crippen molar-refractivity contribution in [3.05, 3.63) is 85.7 Å². The number of aromatic carboxylic acids is 1. The first kappa shape index (κ1) is 17.5. The van der Waals surface area contributed by atoms with Crippen LogP contribution in [-0.4, -0.2) is 16.0 Å². The van der Waals surface area contributed by atoms with Gasteiger partial charge >= 0.3 is 11.7 Å². The summed E-state index contributed by atoms with van der Waals surface area (Å²) in [5.41, 5.74) is 14.0. The van der Waals surface area contributed by atoms with Crippen LogP contribution in [0.2, 0.25) is 0 Å². The molecule has 1 N–H and O–H groups in total. The van der Waals surface area contributed by atoms with Crippen molar-refractivity contribution in [2.45, 2.75) is 6.61 Å². The summed E-state index contributed by atoms with van der Waals surface area (Å²) in [5.74, 6) is -1.22. The lowest BCUT2D eigenvalue weighted by atomic mass is 10.2. The summed E-state index contributed by atoms with van der Waals surface area (Å²) in [5, 5.41) is 19.8. The Hall–Kier alpha value is -3.58. The summed E-state index contributed by atoms with van der Waals surface area (Å²) in [6.45, 7) is 0.130. The third kappa shape index (κ3) is 5.37. The van der Waals surface area contributed by atoms with E-state index in [-0.39, 0.29) is 23.6 Å². The lowest BCUT2D eigenvalue weighted by Gasteiger charge is -2.07. The van der Waals surface area contributed by atoms with E-state index < -0.39 is 10.9 Å². The van der Waals surface area contributed by atoms with Crippen LogP contribution in [0.3, 0.4) is 0 Å². The fourth-order valence-corrected chi connectivity index (χ4v) is 1.65. The molecule has 2 aromatic rings. The van der Waals surface area contributed by atoms with Crippen LogP contribution in [-0.2, 0) is 6.61 Å². The molecule has 0 fully saturated rings. The maximum atomic E-state index is 10.9. The van der Waals surface area contributed by atoms with Gasteiger partial charge in [0, 0.05) is 12.1 Å². The molecule has 0 aromatic heterocycles. The van der Waals surface area contributed by atoms with Gasteiger partial charge in [-0.05, 0) is 11.6 Å². The van der Waals surface area contributed by atoms with E-state index in [1.165, 1.54) is 11.0 Å². The molecule has 0 atom stereocenters. The average molecular weight is 315 g/mol. The van der Waals surface area contributed by atoms with Crippen LogP contribution in [0.4, 0.5) is 5.69 Å². The maximum absolute atomic E-state index is 10.9. The smallest absolute Gasteiger partial charge is 0.335 e. The van der Waals surface area contributed by atoms with Crippen molar-refractivity contribution in [2.75, 3.05) is 0 Å². The number of nitro groups is 1. The van der Waals surface area contributed by atoms with Crippen LogP contribution >= 0.6 is 0 Å². The highest BCUT2D eigenvalue weighted by Gasteiger charge is 2.17. The topological polar surface area (TPSA) is 148 Å². The van der Waals surface area contributed by atoms with E-state index >= 15 is 0 Å². The minimum absolute atomic E-state index is 0.0567. The summed E-state index contributed by atoms with van der Waals surface area (Å²) in [7, 11) is 0. The van der Waals surface area contributed by atoms with Gasteiger partial charge in [0.05, 0.1) is 10.5 Å². The Kier molecular flexibility index (Phi) is 6.57. The fourth-order valence-electron chi connectivity index (χ4n) is 1.65. The second-order valence-electron chi connectivity index (χ2n) is 4.11. The van der Waals surface area contributed by atoms with E-state index in [1.807, 2.05) is 30.3 Å². The van der Waals surface area contributed by atoms with Gasteiger partial charge in [-0.2, -0.15) is 0 Å². The van der Waals surface area contributed by atoms with E-state index in [2.05, 4.69) is 0 Å². The molecule has 2 aromatic carbocycles. The third-order valence-electron chi connectivity index (χ3n) is 2.64. The van der Waals surface area contributed by atoms with Gasteiger partial charge in [-0.3, -0.25) is 15.0 Å².